The van der Waals surface area contributed by atoms with E-state index in [0.29, 0.717) is 6.54 Å². The summed E-state index contributed by atoms with van der Waals surface area (Å²) in [5.74, 6) is -1.46. The monoisotopic (exact) mass is 276 g/mol. The molecule has 0 bridgehead atoms. The number of aliphatic carboxylic acids is 1. The van der Waals surface area contributed by atoms with Crippen LogP contribution in [0.25, 0.3) is 0 Å². The number of carboxylic acids is 1. The third-order valence-corrected chi connectivity index (χ3v) is 3.14. The van der Waals surface area contributed by atoms with Crippen LogP contribution in [-0.2, 0) is 20.9 Å². The van der Waals surface area contributed by atoms with Crippen LogP contribution < -0.4 is 5.32 Å². The molecule has 2 rings (SSSR count). The molecular formula is C14H16N2O4. The molecule has 1 aliphatic heterocycles. The lowest BCUT2D eigenvalue weighted by Crippen LogP contribution is -2.57. The first-order valence-electron chi connectivity index (χ1n) is 6.40. The van der Waals surface area contributed by atoms with Crippen LogP contribution in [0.4, 0.5) is 0 Å². The van der Waals surface area contributed by atoms with Crippen LogP contribution in [0, 0.1) is 0 Å². The number of carboxylic acid groups (broad SMARTS) is 1. The summed E-state index contributed by atoms with van der Waals surface area (Å²) < 4.78 is 0. The van der Waals surface area contributed by atoms with Crippen LogP contribution in [-0.4, -0.2) is 40.4 Å². The second-order valence-corrected chi connectivity index (χ2v) is 4.73. The minimum atomic E-state index is -0.979. The van der Waals surface area contributed by atoms with Gasteiger partial charge in [-0.25, -0.2) is 0 Å². The first-order valence-corrected chi connectivity index (χ1v) is 6.40. The Hall–Kier alpha value is -2.37. The number of rotatable bonds is 5. The Balaban J connectivity index is 2.03. The Morgan fingerprint density at radius 1 is 1.30 bits per heavy atom. The molecule has 0 saturated carbocycles. The number of piperazine rings is 1. The van der Waals surface area contributed by atoms with Gasteiger partial charge >= 0.3 is 5.97 Å². The minimum Gasteiger partial charge on any atom is -0.481 e. The highest BCUT2D eigenvalue weighted by Gasteiger charge is 2.32. The smallest absolute Gasteiger partial charge is 0.303 e. The van der Waals surface area contributed by atoms with Crippen molar-refractivity contribution >= 4 is 17.8 Å². The summed E-state index contributed by atoms with van der Waals surface area (Å²) in [5.41, 5.74) is 0.938. The average Bonchev–Trinajstić information content (AvgIpc) is 2.42. The molecular weight excluding hydrogens is 260 g/mol. The van der Waals surface area contributed by atoms with E-state index < -0.39 is 12.0 Å². The lowest BCUT2D eigenvalue weighted by atomic mass is 10.1. The predicted molar refractivity (Wildman–Crippen MR) is 70.7 cm³/mol. The number of carbonyl (C=O) groups excluding carboxylic acids is 2. The van der Waals surface area contributed by atoms with Gasteiger partial charge in [0, 0.05) is 13.0 Å². The van der Waals surface area contributed by atoms with E-state index in [0.717, 1.165) is 5.56 Å². The van der Waals surface area contributed by atoms with E-state index >= 15 is 0 Å². The van der Waals surface area contributed by atoms with Crippen molar-refractivity contribution in [1.29, 1.82) is 0 Å². The molecule has 1 aromatic carbocycles. The highest BCUT2D eigenvalue weighted by Crippen LogP contribution is 2.12. The fourth-order valence-electron chi connectivity index (χ4n) is 2.17. The van der Waals surface area contributed by atoms with Gasteiger partial charge in [-0.1, -0.05) is 30.3 Å². The van der Waals surface area contributed by atoms with Gasteiger partial charge in [0.1, 0.15) is 6.04 Å². The van der Waals surface area contributed by atoms with Crippen molar-refractivity contribution in [3.63, 3.8) is 0 Å². The molecule has 0 aromatic heterocycles. The first-order chi connectivity index (χ1) is 9.56. The van der Waals surface area contributed by atoms with E-state index in [1.165, 1.54) is 4.90 Å². The van der Waals surface area contributed by atoms with Gasteiger partial charge < -0.3 is 15.3 Å². The van der Waals surface area contributed by atoms with Gasteiger partial charge in [0.2, 0.25) is 11.8 Å². The standard InChI is InChI=1S/C14H16N2O4/c17-12-9-16(8-10-4-2-1-3-5-10)14(20)11(15-12)6-7-13(18)19/h1-5,11H,6-9H2,(H,15,17)(H,18,19)/t11-/m1/s1. The lowest BCUT2D eigenvalue weighted by Gasteiger charge is -2.32. The van der Waals surface area contributed by atoms with Gasteiger partial charge in [0.15, 0.2) is 0 Å². The van der Waals surface area contributed by atoms with Crippen LogP contribution >= 0.6 is 0 Å². The molecule has 6 heteroatoms. The molecule has 20 heavy (non-hydrogen) atoms. The van der Waals surface area contributed by atoms with Gasteiger partial charge in [-0.15, -0.1) is 0 Å². The number of nitrogens with zero attached hydrogens (tertiary/aromatic N) is 1. The van der Waals surface area contributed by atoms with Gasteiger partial charge in [0.05, 0.1) is 6.54 Å². The normalized spacial score (nSPS) is 18.8. The number of benzene rings is 1. The van der Waals surface area contributed by atoms with Crippen molar-refractivity contribution in [2.75, 3.05) is 6.54 Å². The van der Waals surface area contributed by atoms with Crippen molar-refractivity contribution in [2.24, 2.45) is 0 Å². The van der Waals surface area contributed by atoms with Crippen LogP contribution in [0.2, 0.25) is 0 Å². The zero-order valence-electron chi connectivity index (χ0n) is 10.9. The fourth-order valence-corrected chi connectivity index (χ4v) is 2.17. The van der Waals surface area contributed by atoms with E-state index in [-0.39, 0.29) is 31.2 Å². The summed E-state index contributed by atoms with van der Waals surface area (Å²) >= 11 is 0. The third-order valence-electron chi connectivity index (χ3n) is 3.14. The Morgan fingerprint density at radius 2 is 2.00 bits per heavy atom. The molecule has 1 saturated heterocycles. The van der Waals surface area contributed by atoms with Crippen molar-refractivity contribution in [1.82, 2.24) is 10.2 Å². The lowest BCUT2D eigenvalue weighted by molar-refractivity contribution is -0.146. The molecule has 0 spiro atoms. The van der Waals surface area contributed by atoms with Crippen LogP contribution in [0.15, 0.2) is 30.3 Å². The summed E-state index contributed by atoms with van der Waals surface area (Å²) in [4.78, 5) is 35.8. The quantitative estimate of drug-likeness (QED) is 0.814. The molecule has 0 radical (unpaired) electrons. The maximum atomic E-state index is 12.2. The molecule has 1 fully saturated rings. The zero-order valence-corrected chi connectivity index (χ0v) is 10.9. The van der Waals surface area contributed by atoms with Crippen LogP contribution in [0.3, 0.4) is 0 Å². The van der Waals surface area contributed by atoms with Crippen molar-refractivity contribution in [3.8, 4) is 0 Å². The summed E-state index contributed by atoms with van der Waals surface area (Å²) in [6.45, 7) is 0.369. The molecule has 2 amide bonds. The predicted octanol–water partition coefficient (Wildman–Crippen LogP) is 0.378. The zero-order chi connectivity index (χ0) is 14.5. The SMILES string of the molecule is O=C(O)CC[C@H]1NC(=O)CN(Cc2ccccc2)C1=O. The summed E-state index contributed by atoms with van der Waals surface area (Å²) in [5, 5.41) is 11.2. The Kier molecular flexibility index (Phi) is 4.34. The van der Waals surface area contributed by atoms with Gasteiger partial charge in [0.25, 0.3) is 0 Å². The van der Waals surface area contributed by atoms with Gasteiger partial charge in [-0.3, -0.25) is 14.4 Å². The third kappa shape index (κ3) is 3.57. The molecule has 0 aliphatic carbocycles. The maximum Gasteiger partial charge on any atom is 0.303 e. The number of carbonyl (C=O) groups is 3. The van der Waals surface area contributed by atoms with Crippen molar-refractivity contribution < 1.29 is 19.5 Å². The number of nitrogens with one attached hydrogen (secondary N) is 1. The Labute approximate surface area is 116 Å². The highest BCUT2D eigenvalue weighted by molar-refractivity contribution is 5.95. The number of hydrogen-bond acceptors (Lipinski definition) is 3. The molecule has 1 atom stereocenters. The summed E-state index contributed by atoms with van der Waals surface area (Å²) in [6.07, 6.45) is -0.0267. The maximum absolute atomic E-state index is 12.2. The Morgan fingerprint density at radius 3 is 2.65 bits per heavy atom. The molecule has 0 unspecified atom stereocenters. The number of hydrogen-bond donors (Lipinski definition) is 2. The van der Waals surface area contributed by atoms with E-state index in [2.05, 4.69) is 5.32 Å². The molecule has 6 nitrogen and oxygen atoms in total. The highest BCUT2D eigenvalue weighted by atomic mass is 16.4. The van der Waals surface area contributed by atoms with E-state index in [4.69, 9.17) is 5.11 Å². The van der Waals surface area contributed by atoms with Crippen molar-refractivity contribution in [3.05, 3.63) is 35.9 Å². The molecule has 1 aliphatic rings. The van der Waals surface area contributed by atoms with Gasteiger partial charge in [-0.05, 0) is 12.0 Å². The Bertz CT molecular complexity index is 515. The largest absolute Gasteiger partial charge is 0.481 e. The summed E-state index contributed by atoms with van der Waals surface area (Å²) in [7, 11) is 0. The van der Waals surface area contributed by atoms with Crippen LogP contribution in [0.1, 0.15) is 18.4 Å². The second-order valence-electron chi connectivity index (χ2n) is 4.73. The summed E-state index contributed by atoms with van der Waals surface area (Å²) in [6, 6.07) is 8.63. The molecule has 106 valence electrons. The van der Waals surface area contributed by atoms with Crippen molar-refractivity contribution in [2.45, 2.75) is 25.4 Å². The molecule has 1 aromatic rings. The van der Waals surface area contributed by atoms with Crippen LogP contribution in [0.5, 0.6) is 0 Å². The topological polar surface area (TPSA) is 86.7 Å². The van der Waals surface area contributed by atoms with E-state index in [9.17, 15) is 14.4 Å². The average molecular weight is 276 g/mol. The second kappa shape index (κ2) is 6.18. The van der Waals surface area contributed by atoms with E-state index in [1.807, 2.05) is 30.3 Å². The molecule has 2 N–H and O–H groups in total. The molecule has 1 heterocycles. The first kappa shape index (κ1) is 14.0. The van der Waals surface area contributed by atoms with Gasteiger partial charge in [-0.2, -0.15) is 0 Å². The van der Waals surface area contributed by atoms with E-state index in [1.54, 1.807) is 0 Å². The minimum absolute atomic E-state index is 0.0112. The number of amides is 2. The fraction of sp³-hybridized carbons (Fsp3) is 0.357.